The molecule has 0 N–H and O–H groups in total. The Bertz CT molecular complexity index is 756. The Morgan fingerprint density at radius 2 is 1.86 bits per heavy atom. The van der Waals surface area contributed by atoms with Gasteiger partial charge >= 0.3 is 6.36 Å². The van der Waals surface area contributed by atoms with Gasteiger partial charge in [0.25, 0.3) is 5.56 Å². The zero-order chi connectivity index (χ0) is 15.6. The molecule has 2 rings (SSSR count). The van der Waals surface area contributed by atoms with Crippen molar-refractivity contribution >= 4 is 5.69 Å². The lowest BCUT2D eigenvalue weighted by atomic mass is 10.2. The van der Waals surface area contributed by atoms with Crippen LogP contribution in [-0.2, 0) is 0 Å². The van der Waals surface area contributed by atoms with E-state index in [1.54, 1.807) is 6.92 Å². The Morgan fingerprint density at radius 1 is 1.24 bits per heavy atom. The highest BCUT2D eigenvalue weighted by Crippen LogP contribution is 2.24. The molecule has 0 spiro atoms. The van der Waals surface area contributed by atoms with Gasteiger partial charge in [0.1, 0.15) is 5.75 Å². The molecule has 0 aliphatic heterocycles. The average molecular weight is 294 g/mol. The van der Waals surface area contributed by atoms with E-state index in [4.69, 9.17) is 6.57 Å². The predicted octanol–water partition coefficient (Wildman–Crippen LogP) is 3.60. The Labute approximate surface area is 117 Å². The number of aryl methyl sites for hydroxylation is 1. The molecule has 108 valence electrons. The van der Waals surface area contributed by atoms with Crippen molar-refractivity contribution in [3.05, 3.63) is 63.9 Å². The number of alkyl halides is 3. The van der Waals surface area contributed by atoms with E-state index in [1.807, 2.05) is 0 Å². The van der Waals surface area contributed by atoms with Gasteiger partial charge in [-0.1, -0.05) is 0 Å². The van der Waals surface area contributed by atoms with Crippen LogP contribution in [0.15, 0.2) is 41.3 Å². The molecular formula is C14H9F3N2O2. The molecule has 2 aromatic rings. The van der Waals surface area contributed by atoms with Gasteiger partial charge in [0.05, 0.1) is 6.57 Å². The van der Waals surface area contributed by atoms with Crippen LogP contribution in [0.1, 0.15) is 5.56 Å². The number of ether oxygens (including phenoxy) is 1. The summed E-state index contributed by atoms with van der Waals surface area (Å²) in [5, 5.41) is 0. The molecule has 4 nitrogen and oxygen atoms in total. The average Bonchev–Trinajstić information content (AvgIpc) is 2.38. The van der Waals surface area contributed by atoms with E-state index in [0.29, 0.717) is 16.9 Å². The third-order valence-corrected chi connectivity index (χ3v) is 2.70. The van der Waals surface area contributed by atoms with E-state index < -0.39 is 6.36 Å². The van der Waals surface area contributed by atoms with Gasteiger partial charge in [0.2, 0.25) is 5.69 Å². The largest absolute Gasteiger partial charge is 0.573 e. The molecular weight excluding hydrogens is 285 g/mol. The molecule has 1 heterocycles. The number of benzene rings is 1. The van der Waals surface area contributed by atoms with Gasteiger partial charge < -0.3 is 4.74 Å². The summed E-state index contributed by atoms with van der Waals surface area (Å²) in [6.07, 6.45) is -3.41. The molecule has 0 atom stereocenters. The summed E-state index contributed by atoms with van der Waals surface area (Å²) in [5.74, 6) is -0.378. The van der Waals surface area contributed by atoms with E-state index in [1.165, 1.54) is 29.0 Å². The van der Waals surface area contributed by atoms with Crippen LogP contribution in [0.25, 0.3) is 10.5 Å². The molecule has 0 unspecified atom stereocenters. The van der Waals surface area contributed by atoms with Gasteiger partial charge in [-0.3, -0.25) is 9.36 Å². The first-order chi connectivity index (χ1) is 9.80. The maximum atomic E-state index is 12.1. The van der Waals surface area contributed by atoms with Crippen molar-refractivity contribution < 1.29 is 17.9 Å². The van der Waals surface area contributed by atoms with E-state index in [2.05, 4.69) is 9.58 Å². The highest BCUT2D eigenvalue weighted by Gasteiger charge is 2.30. The molecule has 0 radical (unpaired) electrons. The Morgan fingerprint density at radius 3 is 2.38 bits per heavy atom. The summed E-state index contributed by atoms with van der Waals surface area (Å²) in [7, 11) is 0. The normalized spacial score (nSPS) is 11.0. The predicted molar refractivity (Wildman–Crippen MR) is 69.7 cm³/mol. The fourth-order valence-corrected chi connectivity index (χ4v) is 1.74. The minimum atomic E-state index is -4.76. The molecule has 21 heavy (non-hydrogen) atoms. The van der Waals surface area contributed by atoms with Crippen LogP contribution in [0.4, 0.5) is 18.9 Å². The first-order valence-corrected chi connectivity index (χ1v) is 5.77. The van der Waals surface area contributed by atoms with Gasteiger partial charge in [-0.2, -0.15) is 0 Å². The maximum Gasteiger partial charge on any atom is 0.573 e. The van der Waals surface area contributed by atoms with Crippen LogP contribution in [-0.4, -0.2) is 10.9 Å². The standard InChI is InChI=1S/C14H9F3N2O2/c1-9-7-13(20)19(8-12(9)18-2)10-3-5-11(6-4-10)21-14(15,16)17/h3-8H,1H3. The highest BCUT2D eigenvalue weighted by atomic mass is 19.4. The summed E-state index contributed by atoms with van der Waals surface area (Å²) in [6.45, 7) is 8.65. The van der Waals surface area contributed by atoms with Crippen LogP contribution in [0.2, 0.25) is 0 Å². The number of pyridine rings is 1. The smallest absolute Gasteiger partial charge is 0.406 e. The monoisotopic (exact) mass is 294 g/mol. The van der Waals surface area contributed by atoms with Crippen LogP contribution in [0.5, 0.6) is 5.75 Å². The van der Waals surface area contributed by atoms with Crippen LogP contribution < -0.4 is 10.3 Å². The summed E-state index contributed by atoms with van der Waals surface area (Å²) in [6, 6.07) is 6.13. The Hall–Kier alpha value is -2.75. The first-order valence-electron chi connectivity index (χ1n) is 5.77. The van der Waals surface area contributed by atoms with Gasteiger partial charge in [0.15, 0.2) is 0 Å². The van der Waals surface area contributed by atoms with Crippen molar-refractivity contribution in [3.63, 3.8) is 0 Å². The van der Waals surface area contributed by atoms with Crippen molar-refractivity contribution in [2.45, 2.75) is 13.3 Å². The van der Waals surface area contributed by atoms with Gasteiger partial charge in [-0.05, 0) is 42.8 Å². The molecule has 0 fully saturated rings. The SMILES string of the molecule is [C-]#[N+]c1cn(-c2ccc(OC(F)(F)F)cc2)c(=O)cc1C. The summed E-state index contributed by atoms with van der Waals surface area (Å²) >= 11 is 0. The van der Waals surface area contributed by atoms with Gasteiger partial charge in [-0.15, -0.1) is 13.2 Å². The fraction of sp³-hybridized carbons (Fsp3) is 0.143. The van der Waals surface area contributed by atoms with Crippen molar-refractivity contribution in [1.29, 1.82) is 0 Å². The summed E-state index contributed by atoms with van der Waals surface area (Å²) in [5.41, 5.74) is 0.817. The minimum absolute atomic E-state index is 0.296. The lowest BCUT2D eigenvalue weighted by Gasteiger charge is -2.11. The van der Waals surface area contributed by atoms with E-state index in [-0.39, 0.29) is 11.3 Å². The second kappa shape index (κ2) is 5.32. The second-order valence-corrected chi connectivity index (χ2v) is 4.20. The van der Waals surface area contributed by atoms with Gasteiger partial charge in [0, 0.05) is 11.9 Å². The molecule has 0 aliphatic carbocycles. The highest BCUT2D eigenvalue weighted by molar-refractivity contribution is 5.51. The topological polar surface area (TPSA) is 35.6 Å². The van der Waals surface area contributed by atoms with Crippen molar-refractivity contribution in [1.82, 2.24) is 4.57 Å². The van der Waals surface area contributed by atoms with Crippen molar-refractivity contribution in [3.8, 4) is 11.4 Å². The molecule has 0 amide bonds. The zero-order valence-electron chi connectivity index (χ0n) is 10.8. The molecule has 0 saturated heterocycles. The van der Waals surface area contributed by atoms with Crippen molar-refractivity contribution in [2.75, 3.05) is 0 Å². The van der Waals surface area contributed by atoms with Crippen LogP contribution >= 0.6 is 0 Å². The van der Waals surface area contributed by atoms with Gasteiger partial charge in [-0.25, -0.2) is 4.85 Å². The lowest BCUT2D eigenvalue weighted by molar-refractivity contribution is -0.274. The summed E-state index contributed by atoms with van der Waals surface area (Å²) < 4.78 is 41.1. The Kier molecular flexibility index (Phi) is 3.72. The molecule has 0 aliphatic rings. The number of aromatic nitrogens is 1. The molecule has 0 bridgehead atoms. The number of hydrogen-bond acceptors (Lipinski definition) is 2. The number of nitrogens with zero attached hydrogens (tertiary/aromatic N) is 2. The summed E-state index contributed by atoms with van der Waals surface area (Å²) in [4.78, 5) is 15.2. The third-order valence-electron chi connectivity index (χ3n) is 2.70. The van der Waals surface area contributed by atoms with Crippen molar-refractivity contribution in [2.24, 2.45) is 0 Å². The van der Waals surface area contributed by atoms with E-state index in [9.17, 15) is 18.0 Å². The first kappa shape index (κ1) is 14.7. The quantitative estimate of drug-likeness (QED) is 0.793. The lowest BCUT2D eigenvalue weighted by Crippen LogP contribution is -2.18. The second-order valence-electron chi connectivity index (χ2n) is 4.20. The third kappa shape index (κ3) is 3.42. The minimum Gasteiger partial charge on any atom is -0.406 e. The zero-order valence-corrected chi connectivity index (χ0v) is 10.8. The molecule has 1 aromatic carbocycles. The molecule has 1 aromatic heterocycles. The maximum absolute atomic E-state index is 12.1. The molecule has 7 heteroatoms. The number of halogens is 3. The molecule has 0 saturated carbocycles. The number of hydrogen-bond donors (Lipinski definition) is 0. The van der Waals surface area contributed by atoms with E-state index in [0.717, 1.165) is 12.1 Å². The Balaban J connectivity index is 2.40. The van der Waals surface area contributed by atoms with Crippen LogP contribution in [0, 0.1) is 13.5 Å². The fourth-order valence-electron chi connectivity index (χ4n) is 1.74. The van der Waals surface area contributed by atoms with E-state index >= 15 is 0 Å². The van der Waals surface area contributed by atoms with Crippen LogP contribution in [0.3, 0.4) is 0 Å². The number of rotatable bonds is 2.